The summed E-state index contributed by atoms with van der Waals surface area (Å²) in [4.78, 5) is 0. The van der Waals surface area contributed by atoms with Gasteiger partial charge >= 0.3 is 0 Å². The van der Waals surface area contributed by atoms with Crippen LogP contribution >= 0.6 is 0 Å². The van der Waals surface area contributed by atoms with Crippen molar-refractivity contribution in [3.63, 3.8) is 0 Å². The summed E-state index contributed by atoms with van der Waals surface area (Å²) in [5.74, 6) is 0.848. The van der Waals surface area contributed by atoms with Crippen LogP contribution in [-0.4, -0.2) is 18.4 Å². The van der Waals surface area contributed by atoms with E-state index in [1.54, 1.807) is 0 Å². The summed E-state index contributed by atoms with van der Waals surface area (Å²) in [6.45, 7) is 2.57. The predicted octanol–water partition coefficient (Wildman–Crippen LogP) is 1.45. The molecule has 0 bridgehead atoms. The Morgan fingerprint density at radius 2 is 2.00 bits per heavy atom. The normalized spacial score (nSPS) is 9.50. The number of anilines is 1. The molecule has 1 rings (SSSR count). The summed E-state index contributed by atoms with van der Waals surface area (Å²) < 4.78 is 5.25. The monoisotopic (exact) mass is 167 g/mol. The van der Waals surface area contributed by atoms with Crippen LogP contribution in [0.25, 0.3) is 0 Å². The molecule has 0 radical (unpaired) electrons. The topological polar surface area (TPSA) is 41.5 Å². The van der Waals surface area contributed by atoms with E-state index in [-0.39, 0.29) is 6.73 Å². The van der Waals surface area contributed by atoms with Gasteiger partial charge in [-0.25, -0.2) is 0 Å². The third kappa shape index (κ3) is 2.43. The lowest BCUT2D eigenvalue weighted by molar-refractivity contribution is 0.325. The van der Waals surface area contributed by atoms with Crippen LogP contribution in [0.15, 0.2) is 24.3 Å². The maximum Gasteiger partial charge on any atom is 0.119 e. The van der Waals surface area contributed by atoms with Gasteiger partial charge in [0.15, 0.2) is 0 Å². The molecular weight excluding hydrogens is 154 g/mol. The second-order valence-corrected chi connectivity index (χ2v) is 2.29. The molecule has 0 aliphatic heterocycles. The summed E-state index contributed by atoms with van der Waals surface area (Å²) >= 11 is 0. The van der Waals surface area contributed by atoms with E-state index >= 15 is 0 Å². The summed E-state index contributed by atoms with van der Waals surface area (Å²) in [5.41, 5.74) is 0.890. The molecule has 0 aliphatic carbocycles. The highest BCUT2D eigenvalue weighted by atomic mass is 16.5. The molecule has 2 N–H and O–H groups in total. The molecule has 0 aromatic heterocycles. The van der Waals surface area contributed by atoms with Gasteiger partial charge < -0.3 is 15.2 Å². The highest BCUT2D eigenvalue weighted by Gasteiger charge is 1.91. The van der Waals surface area contributed by atoms with Crippen LogP contribution in [0.3, 0.4) is 0 Å². The number of hydrogen-bond acceptors (Lipinski definition) is 3. The summed E-state index contributed by atoms with van der Waals surface area (Å²) in [7, 11) is 0. The van der Waals surface area contributed by atoms with E-state index in [4.69, 9.17) is 9.84 Å². The Labute approximate surface area is 72.0 Å². The lowest BCUT2D eigenvalue weighted by Gasteiger charge is -2.04. The van der Waals surface area contributed by atoms with Crippen LogP contribution in [0.1, 0.15) is 6.92 Å². The van der Waals surface area contributed by atoms with Crippen molar-refractivity contribution < 1.29 is 9.84 Å². The van der Waals surface area contributed by atoms with Crippen LogP contribution < -0.4 is 10.1 Å². The minimum Gasteiger partial charge on any atom is -0.494 e. The fraction of sp³-hybridized carbons (Fsp3) is 0.333. The van der Waals surface area contributed by atoms with Crippen molar-refractivity contribution >= 4 is 5.69 Å². The van der Waals surface area contributed by atoms with Crippen molar-refractivity contribution in [2.24, 2.45) is 0 Å². The van der Waals surface area contributed by atoms with E-state index in [2.05, 4.69) is 5.32 Å². The Hall–Kier alpha value is -1.22. The fourth-order valence-electron chi connectivity index (χ4n) is 0.927. The van der Waals surface area contributed by atoms with Gasteiger partial charge in [0, 0.05) is 5.69 Å². The Morgan fingerprint density at radius 3 is 2.50 bits per heavy atom. The number of hydrogen-bond donors (Lipinski definition) is 2. The van der Waals surface area contributed by atoms with Crippen LogP contribution in [-0.2, 0) is 0 Å². The average molecular weight is 167 g/mol. The van der Waals surface area contributed by atoms with Crippen LogP contribution in [0, 0.1) is 0 Å². The lowest BCUT2D eigenvalue weighted by atomic mass is 10.3. The number of aliphatic hydroxyl groups excluding tert-OH is 1. The molecule has 0 unspecified atom stereocenters. The maximum atomic E-state index is 8.55. The van der Waals surface area contributed by atoms with Crippen LogP contribution in [0.2, 0.25) is 0 Å². The first-order chi connectivity index (χ1) is 5.86. The van der Waals surface area contributed by atoms with Crippen molar-refractivity contribution in [2.75, 3.05) is 18.7 Å². The SMILES string of the molecule is CCOc1ccc(NCO)cc1. The van der Waals surface area contributed by atoms with Gasteiger partial charge in [-0.15, -0.1) is 0 Å². The summed E-state index contributed by atoms with van der Waals surface area (Å²) in [6.07, 6.45) is 0. The van der Waals surface area contributed by atoms with Crippen LogP contribution in [0.5, 0.6) is 5.75 Å². The number of aliphatic hydroxyl groups is 1. The van der Waals surface area contributed by atoms with E-state index in [0.29, 0.717) is 6.61 Å². The van der Waals surface area contributed by atoms with Gasteiger partial charge in [0.05, 0.1) is 6.61 Å². The van der Waals surface area contributed by atoms with Crippen molar-refractivity contribution in [1.29, 1.82) is 0 Å². The standard InChI is InChI=1S/C9H13NO2/c1-2-12-9-5-3-8(4-6-9)10-7-11/h3-6,10-11H,2,7H2,1H3. The first-order valence-electron chi connectivity index (χ1n) is 3.94. The average Bonchev–Trinajstić information content (AvgIpc) is 2.09. The first-order valence-corrected chi connectivity index (χ1v) is 3.94. The van der Waals surface area contributed by atoms with E-state index in [1.807, 2.05) is 31.2 Å². The smallest absolute Gasteiger partial charge is 0.119 e. The Kier molecular flexibility index (Phi) is 3.41. The first kappa shape index (κ1) is 8.87. The maximum absolute atomic E-state index is 8.55. The summed E-state index contributed by atoms with van der Waals surface area (Å²) in [5, 5.41) is 11.3. The van der Waals surface area contributed by atoms with Gasteiger partial charge in [0.25, 0.3) is 0 Å². The van der Waals surface area contributed by atoms with Gasteiger partial charge in [-0.05, 0) is 31.2 Å². The van der Waals surface area contributed by atoms with E-state index in [9.17, 15) is 0 Å². The lowest BCUT2D eigenvalue weighted by Crippen LogP contribution is -1.99. The zero-order valence-electron chi connectivity index (χ0n) is 7.08. The highest BCUT2D eigenvalue weighted by molar-refractivity contribution is 5.45. The zero-order valence-corrected chi connectivity index (χ0v) is 7.08. The largest absolute Gasteiger partial charge is 0.494 e. The third-order valence-electron chi connectivity index (χ3n) is 1.45. The van der Waals surface area contributed by atoms with E-state index < -0.39 is 0 Å². The molecule has 66 valence electrons. The molecule has 0 amide bonds. The van der Waals surface area contributed by atoms with E-state index in [0.717, 1.165) is 11.4 Å². The number of benzene rings is 1. The third-order valence-corrected chi connectivity index (χ3v) is 1.45. The molecule has 12 heavy (non-hydrogen) atoms. The molecule has 0 fully saturated rings. The van der Waals surface area contributed by atoms with Crippen molar-refractivity contribution in [1.82, 2.24) is 0 Å². The second kappa shape index (κ2) is 4.62. The Balaban J connectivity index is 2.58. The summed E-state index contributed by atoms with van der Waals surface area (Å²) in [6, 6.07) is 7.45. The molecule has 1 aromatic carbocycles. The minimum atomic E-state index is -0.0476. The molecule has 0 saturated heterocycles. The Bertz CT molecular complexity index is 195. The van der Waals surface area contributed by atoms with Crippen molar-refractivity contribution in [2.45, 2.75) is 6.92 Å². The molecule has 0 spiro atoms. The molecule has 3 heteroatoms. The van der Waals surface area contributed by atoms with Crippen molar-refractivity contribution in [3.05, 3.63) is 24.3 Å². The molecule has 0 aliphatic rings. The highest BCUT2D eigenvalue weighted by Crippen LogP contribution is 2.14. The number of nitrogens with one attached hydrogen (secondary N) is 1. The van der Waals surface area contributed by atoms with Crippen LogP contribution in [0.4, 0.5) is 5.69 Å². The minimum absolute atomic E-state index is 0.0476. The molecular formula is C9H13NO2. The number of ether oxygens (including phenoxy) is 1. The van der Waals surface area contributed by atoms with Gasteiger partial charge in [0.2, 0.25) is 0 Å². The molecule has 0 saturated carbocycles. The van der Waals surface area contributed by atoms with Gasteiger partial charge in [-0.1, -0.05) is 0 Å². The zero-order chi connectivity index (χ0) is 8.81. The Morgan fingerprint density at radius 1 is 1.33 bits per heavy atom. The second-order valence-electron chi connectivity index (χ2n) is 2.29. The predicted molar refractivity (Wildman–Crippen MR) is 48.3 cm³/mol. The van der Waals surface area contributed by atoms with Gasteiger partial charge in [0.1, 0.15) is 12.5 Å². The van der Waals surface area contributed by atoms with Crippen molar-refractivity contribution in [3.8, 4) is 5.75 Å². The molecule has 0 atom stereocenters. The number of rotatable bonds is 4. The van der Waals surface area contributed by atoms with Gasteiger partial charge in [-0.3, -0.25) is 0 Å². The molecule has 0 heterocycles. The molecule has 1 aromatic rings. The van der Waals surface area contributed by atoms with Gasteiger partial charge in [-0.2, -0.15) is 0 Å². The quantitative estimate of drug-likeness (QED) is 0.667. The fourth-order valence-corrected chi connectivity index (χ4v) is 0.927. The molecule has 3 nitrogen and oxygen atoms in total. The van der Waals surface area contributed by atoms with E-state index in [1.165, 1.54) is 0 Å².